The zero-order valence-electron chi connectivity index (χ0n) is 7.76. The van der Waals surface area contributed by atoms with E-state index in [4.69, 9.17) is 17.3 Å². The Morgan fingerprint density at radius 1 is 1.57 bits per heavy atom. The van der Waals surface area contributed by atoms with Crippen molar-refractivity contribution in [1.29, 1.82) is 0 Å². The van der Waals surface area contributed by atoms with Crippen LogP contribution in [0.5, 0.6) is 0 Å². The van der Waals surface area contributed by atoms with E-state index >= 15 is 0 Å². The zero-order chi connectivity index (χ0) is 9.97. The molecule has 2 rings (SSSR count). The van der Waals surface area contributed by atoms with Crippen molar-refractivity contribution in [2.24, 2.45) is 10.7 Å². The van der Waals surface area contributed by atoms with Gasteiger partial charge in [-0.2, -0.15) is 0 Å². The van der Waals surface area contributed by atoms with E-state index in [1.54, 1.807) is 0 Å². The van der Waals surface area contributed by atoms with Gasteiger partial charge in [0.05, 0.1) is 11.6 Å². The number of nitrogens with zero attached hydrogens (tertiary/aromatic N) is 1. The van der Waals surface area contributed by atoms with Gasteiger partial charge in [-0.05, 0) is 30.2 Å². The van der Waals surface area contributed by atoms with Gasteiger partial charge in [0.25, 0.3) is 0 Å². The summed E-state index contributed by atoms with van der Waals surface area (Å²) < 4.78 is 0. The Balaban J connectivity index is 2.29. The van der Waals surface area contributed by atoms with Gasteiger partial charge >= 0.3 is 0 Å². The minimum absolute atomic E-state index is 0.273. The number of rotatable bonds is 2. The number of fused-ring (bicyclic) bond motifs is 1. The van der Waals surface area contributed by atoms with Gasteiger partial charge in [0.1, 0.15) is 5.84 Å². The highest BCUT2D eigenvalue weighted by Gasteiger charge is 2.09. The molecule has 0 unspecified atom stereocenters. The molecule has 0 saturated heterocycles. The Morgan fingerprint density at radius 3 is 3.21 bits per heavy atom. The maximum Gasteiger partial charge on any atom is 0.115 e. The Morgan fingerprint density at radius 2 is 2.43 bits per heavy atom. The van der Waals surface area contributed by atoms with E-state index < -0.39 is 0 Å². The van der Waals surface area contributed by atoms with Crippen LogP contribution in [0, 0.1) is 0 Å². The van der Waals surface area contributed by atoms with Crippen LogP contribution in [0.4, 0.5) is 11.4 Å². The molecule has 3 nitrogen and oxygen atoms in total. The van der Waals surface area contributed by atoms with E-state index in [0.29, 0.717) is 5.84 Å². The summed E-state index contributed by atoms with van der Waals surface area (Å²) in [5.41, 5.74) is 8.93. The quantitative estimate of drug-likeness (QED) is 0.444. The third-order valence-corrected chi connectivity index (χ3v) is 2.48. The number of benzene rings is 1. The van der Waals surface area contributed by atoms with Gasteiger partial charge in [-0.25, -0.2) is 4.99 Å². The summed E-state index contributed by atoms with van der Waals surface area (Å²) in [5, 5.41) is 3.29. The number of alkyl halides is 1. The van der Waals surface area contributed by atoms with E-state index in [-0.39, 0.29) is 5.88 Å². The van der Waals surface area contributed by atoms with Crippen molar-refractivity contribution >= 4 is 28.8 Å². The van der Waals surface area contributed by atoms with Gasteiger partial charge < -0.3 is 11.1 Å². The highest BCUT2D eigenvalue weighted by molar-refractivity contribution is 6.28. The molecule has 3 N–H and O–H groups in total. The van der Waals surface area contributed by atoms with Crippen LogP contribution in [0.1, 0.15) is 5.56 Å². The zero-order valence-corrected chi connectivity index (χ0v) is 8.51. The Kier molecular flexibility index (Phi) is 2.59. The van der Waals surface area contributed by atoms with Crippen molar-refractivity contribution in [2.75, 3.05) is 17.7 Å². The normalized spacial score (nSPS) is 15.1. The first-order valence-corrected chi connectivity index (χ1v) is 5.09. The van der Waals surface area contributed by atoms with Crippen molar-refractivity contribution in [3.05, 3.63) is 23.8 Å². The number of hydrogen-bond acceptors (Lipinski definition) is 2. The van der Waals surface area contributed by atoms with Crippen LogP contribution < -0.4 is 11.1 Å². The van der Waals surface area contributed by atoms with Crippen molar-refractivity contribution in [1.82, 2.24) is 0 Å². The fourth-order valence-electron chi connectivity index (χ4n) is 1.56. The van der Waals surface area contributed by atoms with Gasteiger partial charge in [0.15, 0.2) is 0 Å². The van der Waals surface area contributed by atoms with Crippen LogP contribution in [-0.2, 0) is 6.42 Å². The number of hydrogen-bond donors (Lipinski definition) is 2. The van der Waals surface area contributed by atoms with Gasteiger partial charge in [0, 0.05) is 12.2 Å². The average molecular weight is 210 g/mol. The molecule has 0 aliphatic carbocycles. The summed E-state index contributed by atoms with van der Waals surface area (Å²) in [4.78, 5) is 4.19. The van der Waals surface area contributed by atoms with E-state index in [1.165, 1.54) is 11.3 Å². The molecule has 1 aliphatic heterocycles. The number of nitrogens with two attached hydrogens (primary N) is 1. The van der Waals surface area contributed by atoms with Crippen LogP contribution in [0.25, 0.3) is 0 Å². The molecule has 1 aromatic rings. The van der Waals surface area contributed by atoms with E-state index in [2.05, 4.69) is 16.4 Å². The monoisotopic (exact) mass is 209 g/mol. The predicted molar refractivity (Wildman–Crippen MR) is 60.6 cm³/mol. The smallest absolute Gasteiger partial charge is 0.115 e. The Hall–Kier alpha value is -1.22. The molecule has 0 aromatic heterocycles. The first-order chi connectivity index (χ1) is 6.79. The minimum atomic E-state index is 0.273. The summed E-state index contributed by atoms with van der Waals surface area (Å²) in [6, 6.07) is 6.02. The maximum absolute atomic E-state index is 5.55. The molecular formula is C10H12ClN3. The second kappa shape index (κ2) is 3.88. The highest BCUT2D eigenvalue weighted by atomic mass is 35.5. The van der Waals surface area contributed by atoms with Crippen LogP contribution in [0.2, 0.25) is 0 Å². The molecule has 0 fully saturated rings. The molecule has 1 heterocycles. The van der Waals surface area contributed by atoms with Crippen molar-refractivity contribution in [3.8, 4) is 0 Å². The number of amidine groups is 1. The molecule has 0 amide bonds. The second-order valence-corrected chi connectivity index (χ2v) is 3.52. The molecule has 4 heteroatoms. The van der Waals surface area contributed by atoms with Crippen molar-refractivity contribution in [3.63, 3.8) is 0 Å². The number of nitrogens with one attached hydrogen (secondary N) is 1. The molecule has 0 radical (unpaired) electrons. The second-order valence-electron chi connectivity index (χ2n) is 3.25. The maximum atomic E-state index is 5.55. The number of anilines is 1. The summed E-state index contributed by atoms with van der Waals surface area (Å²) in [6.45, 7) is 1.01. The number of halogens is 1. The fraction of sp³-hybridized carbons (Fsp3) is 0.300. The number of aliphatic imine (C=N–C) groups is 1. The van der Waals surface area contributed by atoms with Gasteiger partial charge in [0.2, 0.25) is 0 Å². The average Bonchev–Trinajstić information content (AvgIpc) is 2.64. The minimum Gasteiger partial charge on any atom is -0.386 e. The summed E-state index contributed by atoms with van der Waals surface area (Å²) in [5.74, 6) is 0.729. The van der Waals surface area contributed by atoms with Gasteiger partial charge in [-0.3, -0.25) is 0 Å². The molecule has 74 valence electrons. The fourth-order valence-corrected chi connectivity index (χ4v) is 1.62. The molecule has 0 bridgehead atoms. The van der Waals surface area contributed by atoms with E-state index in [0.717, 1.165) is 18.7 Å². The molecule has 0 spiro atoms. The summed E-state index contributed by atoms with van der Waals surface area (Å²) in [7, 11) is 0. The van der Waals surface area contributed by atoms with Crippen LogP contribution in [0.15, 0.2) is 23.2 Å². The van der Waals surface area contributed by atoms with Crippen LogP contribution in [-0.4, -0.2) is 18.3 Å². The van der Waals surface area contributed by atoms with Crippen LogP contribution >= 0.6 is 11.6 Å². The topological polar surface area (TPSA) is 50.4 Å². The van der Waals surface area contributed by atoms with E-state index in [9.17, 15) is 0 Å². The lowest BCUT2D eigenvalue weighted by Gasteiger charge is -2.01. The molecule has 0 atom stereocenters. The van der Waals surface area contributed by atoms with Gasteiger partial charge in [-0.15, -0.1) is 11.6 Å². The first-order valence-electron chi connectivity index (χ1n) is 4.55. The highest BCUT2D eigenvalue weighted by Crippen LogP contribution is 2.26. The van der Waals surface area contributed by atoms with Crippen LogP contribution in [0.3, 0.4) is 0 Å². The third kappa shape index (κ3) is 1.82. The third-order valence-electron chi connectivity index (χ3n) is 2.21. The lowest BCUT2D eigenvalue weighted by atomic mass is 10.1. The molecular weight excluding hydrogens is 198 g/mol. The Labute approximate surface area is 88.0 Å². The summed E-state index contributed by atoms with van der Waals surface area (Å²) in [6.07, 6.45) is 1.06. The van der Waals surface area contributed by atoms with E-state index in [1.807, 2.05) is 12.1 Å². The van der Waals surface area contributed by atoms with Crippen molar-refractivity contribution in [2.45, 2.75) is 6.42 Å². The predicted octanol–water partition coefficient (Wildman–Crippen LogP) is 1.88. The molecule has 14 heavy (non-hydrogen) atoms. The summed E-state index contributed by atoms with van der Waals surface area (Å²) >= 11 is 5.55. The standard InChI is InChI=1S/C10H12ClN3/c11-6-10(12)14-8-1-2-9-7(5-8)3-4-13-9/h1-2,5,13H,3-4,6H2,(H2,12,14). The molecule has 1 aliphatic rings. The lowest BCUT2D eigenvalue weighted by Crippen LogP contribution is -2.12. The SMILES string of the molecule is NC(CCl)=Nc1ccc2c(c1)CCN2. The lowest BCUT2D eigenvalue weighted by molar-refractivity contribution is 1.11. The van der Waals surface area contributed by atoms with Crippen molar-refractivity contribution < 1.29 is 0 Å². The Bertz CT molecular complexity index is 374. The van der Waals surface area contributed by atoms with Gasteiger partial charge in [-0.1, -0.05) is 0 Å². The first kappa shape index (κ1) is 9.34. The molecule has 1 aromatic carbocycles. The largest absolute Gasteiger partial charge is 0.386 e. The molecule has 0 saturated carbocycles.